The van der Waals surface area contributed by atoms with Gasteiger partial charge in [-0.25, -0.2) is 0 Å². The average Bonchev–Trinajstić information content (AvgIpc) is 2.59. The number of ether oxygens (including phenoxy) is 2. The summed E-state index contributed by atoms with van der Waals surface area (Å²) in [6, 6.07) is 8.95. The molecule has 2 rings (SSSR count). The molecular weight excluding hydrogens is 320 g/mol. The summed E-state index contributed by atoms with van der Waals surface area (Å²) in [6.07, 6.45) is 0. The van der Waals surface area contributed by atoms with Gasteiger partial charge in [0.2, 0.25) is 0 Å². The van der Waals surface area contributed by atoms with Crippen molar-refractivity contribution in [1.82, 2.24) is 0 Å². The molecule has 2 aromatic carbocycles. The van der Waals surface area contributed by atoms with Crippen LogP contribution in [-0.4, -0.2) is 22.1 Å². The summed E-state index contributed by atoms with van der Waals surface area (Å²) in [7, 11) is 1.52. The van der Waals surface area contributed by atoms with Crippen molar-refractivity contribution in [3.63, 3.8) is 0 Å². The minimum absolute atomic E-state index is 0.0975. The summed E-state index contributed by atoms with van der Waals surface area (Å²) in [4.78, 5) is 20.6. The summed E-state index contributed by atoms with van der Waals surface area (Å²) in [5.74, 6) is 1.12. The van der Waals surface area contributed by atoms with Gasteiger partial charge in [-0.2, -0.15) is 0 Å². The number of nitrogens with zero attached hydrogens (tertiary/aromatic N) is 2. The Balaban J connectivity index is 2.29. The lowest BCUT2D eigenvalue weighted by molar-refractivity contribution is -0.396. The van der Waals surface area contributed by atoms with Crippen LogP contribution < -0.4 is 9.47 Å². The second-order valence-electron chi connectivity index (χ2n) is 4.75. The van der Waals surface area contributed by atoms with E-state index in [9.17, 15) is 25.3 Å². The summed E-state index contributed by atoms with van der Waals surface area (Å²) in [6.45, 7) is -0.897. The maximum Gasteiger partial charge on any atom is 0.282 e. The molecule has 0 fully saturated rings. The first kappa shape index (κ1) is 17.2. The molecule has 0 radical (unpaired) electrons. The molecule has 0 bridgehead atoms. The fourth-order valence-electron chi connectivity index (χ4n) is 2.11. The van der Waals surface area contributed by atoms with Crippen LogP contribution in [0.3, 0.4) is 0 Å². The number of methoxy groups -OCH3 is 1. The zero-order valence-electron chi connectivity index (χ0n) is 12.7. The number of benzene rings is 2. The van der Waals surface area contributed by atoms with E-state index < -0.39 is 27.8 Å². The van der Waals surface area contributed by atoms with Crippen molar-refractivity contribution in [2.45, 2.75) is 13.2 Å². The second-order valence-corrected chi connectivity index (χ2v) is 4.75. The predicted octanol–water partition coefficient (Wildman–Crippen LogP) is 2.58. The van der Waals surface area contributed by atoms with Crippen LogP contribution >= 0.6 is 0 Å². The average molecular weight is 334 g/mol. The fourth-order valence-corrected chi connectivity index (χ4v) is 2.11. The topological polar surface area (TPSA) is 125 Å². The van der Waals surface area contributed by atoms with Crippen molar-refractivity contribution in [2.75, 3.05) is 7.11 Å². The van der Waals surface area contributed by atoms with Gasteiger partial charge in [-0.3, -0.25) is 20.2 Å². The summed E-state index contributed by atoms with van der Waals surface area (Å²) in [5.41, 5.74) is -1.11. The van der Waals surface area contributed by atoms with Gasteiger partial charge in [-0.15, -0.1) is 0 Å². The predicted molar refractivity (Wildman–Crippen MR) is 83.0 cm³/mol. The lowest BCUT2D eigenvalue weighted by atomic mass is 10.1. The van der Waals surface area contributed by atoms with E-state index in [4.69, 9.17) is 9.47 Å². The highest BCUT2D eigenvalue weighted by Gasteiger charge is 2.26. The van der Waals surface area contributed by atoms with E-state index in [2.05, 4.69) is 0 Å². The van der Waals surface area contributed by atoms with E-state index >= 15 is 0 Å². The molecule has 0 amide bonds. The smallest absolute Gasteiger partial charge is 0.282 e. The van der Waals surface area contributed by atoms with Gasteiger partial charge >= 0.3 is 0 Å². The van der Waals surface area contributed by atoms with Crippen molar-refractivity contribution in [3.05, 3.63) is 67.8 Å². The van der Waals surface area contributed by atoms with E-state index in [1.807, 2.05) is 0 Å². The van der Waals surface area contributed by atoms with Gasteiger partial charge in [0.05, 0.1) is 23.6 Å². The van der Waals surface area contributed by atoms with Crippen molar-refractivity contribution in [3.8, 4) is 11.5 Å². The molecule has 1 N–H and O–H groups in total. The van der Waals surface area contributed by atoms with Crippen LogP contribution in [0, 0.1) is 20.2 Å². The Morgan fingerprint density at radius 2 is 1.50 bits per heavy atom. The van der Waals surface area contributed by atoms with Gasteiger partial charge in [0.25, 0.3) is 11.4 Å². The van der Waals surface area contributed by atoms with E-state index in [0.29, 0.717) is 11.5 Å². The third kappa shape index (κ3) is 3.76. The van der Waals surface area contributed by atoms with Gasteiger partial charge < -0.3 is 14.6 Å². The monoisotopic (exact) mass is 334 g/mol. The van der Waals surface area contributed by atoms with E-state index in [-0.39, 0.29) is 17.7 Å². The molecule has 24 heavy (non-hydrogen) atoms. The second kappa shape index (κ2) is 7.38. The highest BCUT2D eigenvalue weighted by Crippen LogP contribution is 2.31. The maximum absolute atomic E-state index is 11.1. The van der Waals surface area contributed by atoms with Crippen LogP contribution in [-0.2, 0) is 13.2 Å². The zero-order chi connectivity index (χ0) is 17.7. The van der Waals surface area contributed by atoms with Gasteiger partial charge in [-0.1, -0.05) is 0 Å². The van der Waals surface area contributed by atoms with Crippen LogP contribution in [0.25, 0.3) is 0 Å². The molecule has 2 aromatic rings. The van der Waals surface area contributed by atoms with E-state index in [1.165, 1.54) is 7.11 Å². The van der Waals surface area contributed by atoms with Crippen molar-refractivity contribution >= 4 is 11.4 Å². The highest BCUT2D eigenvalue weighted by molar-refractivity contribution is 5.56. The zero-order valence-corrected chi connectivity index (χ0v) is 12.7. The Kier molecular flexibility index (Phi) is 5.27. The third-order valence-corrected chi connectivity index (χ3v) is 3.28. The van der Waals surface area contributed by atoms with Crippen molar-refractivity contribution in [1.29, 1.82) is 0 Å². The molecule has 0 spiro atoms. The minimum Gasteiger partial charge on any atom is -0.497 e. The van der Waals surface area contributed by atoms with Crippen molar-refractivity contribution < 1.29 is 24.4 Å². The number of aliphatic hydroxyl groups is 1. The van der Waals surface area contributed by atoms with Crippen LogP contribution in [0.5, 0.6) is 11.5 Å². The molecular formula is C15H14N2O7. The van der Waals surface area contributed by atoms with Crippen molar-refractivity contribution in [2.24, 2.45) is 0 Å². The van der Waals surface area contributed by atoms with Gasteiger partial charge in [0.1, 0.15) is 23.7 Å². The Labute approximate surface area is 136 Å². The molecule has 0 saturated heterocycles. The maximum atomic E-state index is 11.1. The first-order valence-corrected chi connectivity index (χ1v) is 6.78. The summed E-state index contributed by atoms with van der Waals surface area (Å²) in [5, 5.41) is 31.3. The Bertz CT molecular complexity index is 724. The molecule has 0 aliphatic heterocycles. The molecule has 0 aromatic heterocycles. The first-order valence-electron chi connectivity index (χ1n) is 6.78. The molecule has 0 heterocycles. The SMILES string of the molecule is COc1ccc(OCc2cc([N+](=O)[O-])c(CO)c([N+](=O)[O-])c2)cc1. The van der Waals surface area contributed by atoms with Crippen LogP contribution in [0.4, 0.5) is 11.4 Å². The number of hydrogen-bond donors (Lipinski definition) is 1. The van der Waals surface area contributed by atoms with Crippen LogP contribution in [0.2, 0.25) is 0 Å². The van der Waals surface area contributed by atoms with E-state index in [0.717, 1.165) is 12.1 Å². The standard InChI is InChI=1S/C15H14N2O7/c1-23-11-2-4-12(5-3-11)24-9-10-6-14(16(19)20)13(8-18)15(7-10)17(21)22/h2-7,18H,8-9H2,1H3. The Morgan fingerprint density at radius 1 is 1.00 bits per heavy atom. The molecule has 0 saturated carbocycles. The Hall–Kier alpha value is -3.20. The number of nitro benzene ring substituents is 2. The molecule has 9 nitrogen and oxygen atoms in total. The van der Waals surface area contributed by atoms with Gasteiger partial charge in [-0.05, 0) is 24.3 Å². The number of rotatable bonds is 7. The molecule has 126 valence electrons. The highest BCUT2D eigenvalue weighted by atomic mass is 16.6. The number of hydrogen-bond acceptors (Lipinski definition) is 7. The van der Waals surface area contributed by atoms with Gasteiger partial charge in [0, 0.05) is 17.7 Å². The fraction of sp³-hybridized carbons (Fsp3) is 0.200. The lowest BCUT2D eigenvalue weighted by Crippen LogP contribution is -2.04. The Morgan fingerprint density at radius 3 is 1.92 bits per heavy atom. The quantitative estimate of drug-likeness (QED) is 0.609. The molecule has 0 atom stereocenters. The normalized spacial score (nSPS) is 10.2. The van der Waals surface area contributed by atoms with Crippen LogP contribution in [0.1, 0.15) is 11.1 Å². The molecule has 9 heteroatoms. The first-order chi connectivity index (χ1) is 11.5. The summed E-state index contributed by atoms with van der Waals surface area (Å²) < 4.78 is 10.5. The van der Waals surface area contributed by atoms with Crippen LogP contribution in [0.15, 0.2) is 36.4 Å². The number of aliphatic hydroxyl groups excluding tert-OH is 1. The molecule has 0 unspecified atom stereocenters. The minimum atomic E-state index is -0.799. The largest absolute Gasteiger partial charge is 0.497 e. The van der Waals surface area contributed by atoms with Gasteiger partial charge in [0.15, 0.2) is 0 Å². The summed E-state index contributed by atoms with van der Waals surface area (Å²) >= 11 is 0. The molecule has 0 aliphatic carbocycles. The van der Waals surface area contributed by atoms with E-state index in [1.54, 1.807) is 24.3 Å². The third-order valence-electron chi connectivity index (χ3n) is 3.28. The molecule has 0 aliphatic rings. The lowest BCUT2D eigenvalue weighted by Gasteiger charge is -2.09. The number of nitro groups is 2.